The summed E-state index contributed by atoms with van der Waals surface area (Å²) in [4.78, 5) is 4.13. The first-order valence-corrected chi connectivity index (χ1v) is 8.32. The quantitative estimate of drug-likeness (QED) is 0.615. The fourth-order valence-electron chi connectivity index (χ4n) is 2.69. The zero-order valence-corrected chi connectivity index (χ0v) is 15.3. The molecule has 0 fully saturated rings. The molecule has 1 aromatic heterocycles. The molecule has 27 heavy (non-hydrogen) atoms. The molecule has 0 amide bonds. The summed E-state index contributed by atoms with van der Waals surface area (Å²) < 4.78 is 50.3. The predicted octanol–water partition coefficient (Wildman–Crippen LogP) is 5.54. The highest BCUT2D eigenvalue weighted by Gasteiger charge is 2.33. The van der Waals surface area contributed by atoms with Crippen molar-refractivity contribution >= 4 is 28.3 Å². The Labute approximate surface area is 158 Å². The number of pyridine rings is 1. The van der Waals surface area contributed by atoms with Crippen molar-refractivity contribution in [1.82, 2.24) is 4.98 Å². The van der Waals surface area contributed by atoms with E-state index in [-0.39, 0.29) is 15.9 Å². The van der Waals surface area contributed by atoms with E-state index in [1.165, 1.54) is 19.2 Å². The highest BCUT2D eigenvalue weighted by molar-refractivity contribution is 6.35. The van der Waals surface area contributed by atoms with Gasteiger partial charge in [0, 0.05) is 28.6 Å². The highest BCUT2D eigenvalue weighted by atomic mass is 35.5. The van der Waals surface area contributed by atoms with Gasteiger partial charge in [0.25, 0.3) is 0 Å². The van der Waals surface area contributed by atoms with Crippen LogP contribution < -0.4 is 14.8 Å². The van der Waals surface area contributed by atoms with Crippen molar-refractivity contribution < 1.29 is 22.6 Å². The molecule has 142 valence electrons. The molecule has 1 N–H and O–H groups in total. The van der Waals surface area contributed by atoms with Gasteiger partial charge in [-0.2, -0.15) is 13.2 Å². The lowest BCUT2D eigenvalue weighted by Gasteiger charge is -2.14. The topological polar surface area (TPSA) is 43.4 Å². The molecule has 0 unspecified atom stereocenters. The van der Waals surface area contributed by atoms with Crippen LogP contribution in [0.3, 0.4) is 0 Å². The van der Waals surface area contributed by atoms with Crippen LogP contribution >= 0.6 is 11.6 Å². The van der Waals surface area contributed by atoms with Crippen LogP contribution in [0.25, 0.3) is 10.9 Å². The van der Waals surface area contributed by atoms with E-state index in [0.29, 0.717) is 23.9 Å². The minimum absolute atomic E-state index is 0.193. The molecule has 3 rings (SSSR count). The number of aromatic nitrogens is 1. The van der Waals surface area contributed by atoms with Gasteiger partial charge in [-0.25, -0.2) is 4.98 Å². The number of ether oxygens (including phenoxy) is 2. The molecule has 3 aromatic rings. The number of rotatable bonds is 5. The van der Waals surface area contributed by atoms with Gasteiger partial charge in [-0.15, -0.1) is 0 Å². The van der Waals surface area contributed by atoms with E-state index < -0.39 is 11.7 Å². The van der Waals surface area contributed by atoms with Crippen molar-refractivity contribution in [1.29, 1.82) is 0 Å². The Balaban J connectivity index is 1.92. The van der Waals surface area contributed by atoms with Crippen LogP contribution in [0.15, 0.2) is 42.5 Å². The zero-order chi connectivity index (χ0) is 19.6. The molecule has 0 aliphatic rings. The summed E-state index contributed by atoms with van der Waals surface area (Å²) in [5.41, 5.74) is -0.211. The lowest BCUT2D eigenvalue weighted by molar-refractivity contribution is -0.136. The Morgan fingerprint density at radius 2 is 1.81 bits per heavy atom. The van der Waals surface area contributed by atoms with E-state index in [9.17, 15) is 13.2 Å². The van der Waals surface area contributed by atoms with E-state index in [2.05, 4.69) is 10.3 Å². The summed E-state index contributed by atoms with van der Waals surface area (Å²) >= 11 is 6.02. The summed E-state index contributed by atoms with van der Waals surface area (Å²) in [5.74, 6) is 1.54. The van der Waals surface area contributed by atoms with Crippen molar-refractivity contribution in [2.75, 3.05) is 19.5 Å². The zero-order valence-electron chi connectivity index (χ0n) is 14.5. The SMILES string of the molecule is COc1ccc(CNc2ccc3c(Cl)ccc(C(F)(F)F)c3n2)c(OC)c1. The molecule has 0 spiro atoms. The number of benzene rings is 2. The van der Waals surface area contributed by atoms with Crippen molar-refractivity contribution in [2.45, 2.75) is 12.7 Å². The second kappa shape index (κ2) is 7.52. The number of anilines is 1. The Bertz CT molecular complexity index is 977. The van der Waals surface area contributed by atoms with Crippen LogP contribution in [0.4, 0.5) is 19.0 Å². The van der Waals surface area contributed by atoms with E-state index >= 15 is 0 Å². The van der Waals surface area contributed by atoms with E-state index in [1.807, 2.05) is 6.07 Å². The summed E-state index contributed by atoms with van der Waals surface area (Å²) in [5, 5.41) is 3.49. The molecule has 0 bridgehead atoms. The molecule has 0 radical (unpaired) electrons. The van der Waals surface area contributed by atoms with Crippen molar-refractivity contribution in [3.8, 4) is 11.5 Å². The highest BCUT2D eigenvalue weighted by Crippen LogP contribution is 2.37. The predicted molar refractivity (Wildman–Crippen MR) is 98.6 cm³/mol. The second-order valence-electron chi connectivity index (χ2n) is 5.72. The Morgan fingerprint density at radius 3 is 2.48 bits per heavy atom. The van der Waals surface area contributed by atoms with Gasteiger partial charge in [0.1, 0.15) is 17.3 Å². The minimum atomic E-state index is -4.52. The summed E-state index contributed by atoms with van der Waals surface area (Å²) in [7, 11) is 3.08. The number of hydrogen-bond acceptors (Lipinski definition) is 4. The first-order valence-electron chi connectivity index (χ1n) is 7.94. The monoisotopic (exact) mass is 396 g/mol. The second-order valence-corrected chi connectivity index (χ2v) is 6.12. The van der Waals surface area contributed by atoms with Crippen LogP contribution in [0.5, 0.6) is 11.5 Å². The molecule has 0 saturated heterocycles. The molecule has 2 aromatic carbocycles. The molecule has 0 aliphatic carbocycles. The number of methoxy groups -OCH3 is 2. The van der Waals surface area contributed by atoms with Crippen LogP contribution in [0, 0.1) is 0 Å². The summed E-state index contributed by atoms with van der Waals surface area (Å²) in [6.07, 6.45) is -4.52. The first-order chi connectivity index (χ1) is 12.8. The maximum Gasteiger partial charge on any atom is 0.418 e. The largest absolute Gasteiger partial charge is 0.497 e. The smallest absolute Gasteiger partial charge is 0.418 e. The van der Waals surface area contributed by atoms with Gasteiger partial charge >= 0.3 is 6.18 Å². The number of alkyl halides is 3. The molecule has 8 heteroatoms. The maximum atomic E-state index is 13.3. The van der Waals surface area contributed by atoms with Gasteiger partial charge in [-0.3, -0.25) is 0 Å². The average molecular weight is 397 g/mol. The number of nitrogens with zero attached hydrogens (tertiary/aromatic N) is 1. The fourth-order valence-corrected chi connectivity index (χ4v) is 2.91. The van der Waals surface area contributed by atoms with Crippen LogP contribution in [-0.2, 0) is 12.7 Å². The number of nitrogens with one attached hydrogen (secondary N) is 1. The summed E-state index contributed by atoms with van der Waals surface area (Å²) in [6.45, 7) is 0.313. The number of halogens is 4. The first kappa shape index (κ1) is 19.1. The number of fused-ring (bicyclic) bond motifs is 1. The van der Waals surface area contributed by atoms with E-state index in [0.717, 1.165) is 11.6 Å². The van der Waals surface area contributed by atoms with Gasteiger partial charge in [-0.1, -0.05) is 11.6 Å². The summed E-state index contributed by atoms with van der Waals surface area (Å²) in [6, 6.07) is 10.6. The van der Waals surface area contributed by atoms with Gasteiger partial charge in [0.2, 0.25) is 0 Å². The average Bonchev–Trinajstić information content (AvgIpc) is 2.65. The van der Waals surface area contributed by atoms with Crippen LogP contribution in [-0.4, -0.2) is 19.2 Å². The Kier molecular flexibility index (Phi) is 5.32. The molecule has 0 saturated carbocycles. The Hall–Kier alpha value is -2.67. The van der Waals surface area contributed by atoms with E-state index in [1.54, 1.807) is 25.3 Å². The van der Waals surface area contributed by atoms with Crippen molar-refractivity contribution in [3.05, 3.63) is 58.6 Å². The lowest BCUT2D eigenvalue weighted by Crippen LogP contribution is -2.08. The molecule has 4 nitrogen and oxygen atoms in total. The van der Waals surface area contributed by atoms with Gasteiger partial charge < -0.3 is 14.8 Å². The molecule has 0 atom stereocenters. The fraction of sp³-hybridized carbons (Fsp3) is 0.211. The van der Waals surface area contributed by atoms with Gasteiger partial charge in [0.15, 0.2) is 0 Å². The van der Waals surface area contributed by atoms with Crippen LogP contribution in [0.1, 0.15) is 11.1 Å². The third-order valence-electron chi connectivity index (χ3n) is 4.06. The van der Waals surface area contributed by atoms with Crippen molar-refractivity contribution in [2.24, 2.45) is 0 Å². The molecular formula is C19H16ClF3N2O2. The Morgan fingerprint density at radius 1 is 1.04 bits per heavy atom. The molecular weight excluding hydrogens is 381 g/mol. The number of hydrogen-bond donors (Lipinski definition) is 1. The third-order valence-corrected chi connectivity index (χ3v) is 4.39. The van der Waals surface area contributed by atoms with Gasteiger partial charge in [-0.05, 0) is 36.4 Å². The molecule has 1 heterocycles. The van der Waals surface area contributed by atoms with E-state index in [4.69, 9.17) is 21.1 Å². The minimum Gasteiger partial charge on any atom is -0.497 e. The van der Waals surface area contributed by atoms with Gasteiger partial charge in [0.05, 0.1) is 25.3 Å². The lowest BCUT2D eigenvalue weighted by atomic mass is 10.1. The van der Waals surface area contributed by atoms with Crippen molar-refractivity contribution in [3.63, 3.8) is 0 Å². The molecule has 0 aliphatic heterocycles. The normalized spacial score (nSPS) is 11.5. The third kappa shape index (κ3) is 4.03. The van der Waals surface area contributed by atoms with Crippen LogP contribution in [0.2, 0.25) is 5.02 Å². The maximum absolute atomic E-state index is 13.3. The standard InChI is InChI=1S/C19H16ClF3N2O2/c1-26-12-4-3-11(16(9-12)27-2)10-24-17-8-5-13-15(20)7-6-14(18(13)25-17)19(21,22)23/h3-9H,10H2,1-2H3,(H,24,25).